The van der Waals surface area contributed by atoms with Crippen LogP contribution in [0.3, 0.4) is 0 Å². The molecule has 0 saturated heterocycles. The number of aliphatic hydroxyl groups is 1. The topological polar surface area (TPSA) is 50.7 Å². The Kier molecular flexibility index (Phi) is 6.82. The highest BCUT2D eigenvalue weighted by Gasteiger charge is 2.23. The molecule has 3 atom stereocenters. The molecule has 4 nitrogen and oxygen atoms in total. The van der Waals surface area contributed by atoms with Gasteiger partial charge in [0.1, 0.15) is 11.5 Å². The van der Waals surface area contributed by atoms with E-state index in [1.165, 1.54) is 0 Å². The molecule has 1 rings (SSSR count). The van der Waals surface area contributed by atoms with E-state index in [0.29, 0.717) is 11.8 Å². The number of benzene rings is 1. The molecule has 3 unspecified atom stereocenters. The summed E-state index contributed by atoms with van der Waals surface area (Å²) < 4.78 is 10.6. The quantitative estimate of drug-likeness (QED) is 0.769. The van der Waals surface area contributed by atoms with Gasteiger partial charge in [-0.15, -0.1) is 0 Å². The van der Waals surface area contributed by atoms with Gasteiger partial charge in [0.15, 0.2) is 0 Å². The van der Waals surface area contributed by atoms with E-state index in [1.54, 1.807) is 20.3 Å². The van der Waals surface area contributed by atoms with Gasteiger partial charge in [-0.25, -0.2) is 0 Å². The second kappa shape index (κ2) is 8.12. The van der Waals surface area contributed by atoms with Gasteiger partial charge in [0.05, 0.1) is 20.3 Å². The summed E-state index contributed by atoms with van der Waals surface area (Å²) in [5.41, 5.74) is 0.788. The number of hydrogen-bond donors (Lipinski definition) is 2. The number of aliphatic hydroxyl groups excluding tert-OH is 1. The predicted octanol–water partition coefficient (Wildman–Crippen LogP) is 2.90. The van der Waals surface area contributed by atoms with Gasteiger partial charge >= 0.3 is 0 Å². The lowest BCUT2D eigenvalue weighted by atomic mass is 9.98. The first-order valence-corrected chi connectivity index (χ1v) is 7.23. The van der Waals surface area contributed by atoms with Crippen molar-refractivity contribution in [3.8, 4) is 11.5 Å². The highest BCUT2D eigenvalue weighted by molar-refractivity contribution is 5.42. The lowest BCUT2D eigenvalue weighted by molar-refractivity contribution is 0.117. The molecule has 0 amide bonds. The fraction of sp³-hybridized carbons (Fsp3) is 0.625. The largest absolute Gasteiger partial charge is 0.497 e. The standard InChI is InChI=1S/C16H27NO3/c1-6-11(3)17-14(7-2)16(18)13-9-8-12(19-4)10-15(13)20-5/h8-11,14,16-18H,6-7H2,1-5H3. The monoisotopic (exact) mass is 281 g/mol. The Morgan fingerprint density at radius 1 is 1.15 bits per heavy atom. The molecule has 0 heterocycles. The van der Waals surface area contributed by atoms with Crippen LogP contribution in [-0.2, 0) is 0 Å². The van der Waals surface area contributed by atoms with Crippen LogP contribution in [0.2, 0.25) is 0 Å². The molecule has 0 saturated carbocycles. The fourth-order valence-corrected chi connectivity index (χ4v) is 2.20. The van der Waals surface area contributed by atoms with E-state index in [1.807, 2.05) is 12.1 Å². The van der Waals surface area contributed by atoms with Crippen LogP contribution in [0.25, 0.3) is 0 Å². The van der Waals surface area contributed by atoms with Crippen LogP contribution in [0.15, 0.2) is 18.2 Å². The van der Waals surface area contributed by atoms with Gasteiger partial charge in [-0.3, -0.25) is 0 Å². The maximum atomic E-state index is 10.6. The smallest absolute Gasteiger partial charge is 0.128 e. The van der Waals surface area contributed by atoms with Crippen LogP contribution in [-0.4, -0.2) is 31.4 Å². The molecule has 0 aliphatic rings. The summed E-state index contributed by atoms with van der Waals surface area (Å²) in [5.74, 6) is 1.38. The minimum absolute atomic E-state index is 0.00671. The molecule has 0 aromatic heterocycles. The van der Waals surface area contributed by atoms with E-state index in [9.17, 15) is 5.11 Å². The highest BCUT2D eigenvalue weighted by Crippen LogP contribution is 2.31. The highest BCUT2D eigenvalue weighted by atomic mass is 16.5. The van der Waals surface area contributed by atoms with Crippen LogP contribution >= 0.6 is 0 Å². The molecule has 0 aliphatic carbocycles. The maximum Gasteiger partial charge on any atom is 0.128 e. The van der Waals surface area contributed by atoms with Crippen molar-refractivity contribution in [2.45, 2.75) is 51.8 Å². The average Bonchev–Trinajstić information content (AvgIpc) is 2.50. The van der Waals surface area contributed by atoms with Gasteiger partial charge in [0, 0.05) is 23.7 Å². The first-order chi connectivity index (χ1) is 9.57. The third-order valence-corrected chi connectivity index (χ3v) is 3.69. The summed E-state index contributed by atoms with van der Waals surface area (Å²) >= 11 is 0. The Morgan fingerprint density at radius 2 is 1.85 bits per heavy atom. The normalized spacial score (nSPS) is 15.5. The van der Waals surface area contributed by atoms with Crippen molar-refractivity contribution >= 4 is 0 Å². The Bertz CT molecular complexity index is 409. The molecule has 0 spiro atoms. The Hall–Kier alpha value is -1.26. The van der Waals surface area contributed by atoms with Crippen molar-refractivity contribution in [2.24, 2.45) is 0 Å². The Morgan fingerprint density at radius 3 is 2.35 bits per heavy atom. The Balaban J connectivity index is 2.96. The molecule has 1 aromatic carbocycles. The van der Waals surface area contributed by atoms with Crippen molar-refractivity contribution in [3.05, 3.63) is 23.8 Å². The second-order valence-corrected chi connectivity index (χ2v) is 5.04. The number of hydrogen-bond acceptors (Lipinski definition) is 4. The molecule has 4 heteroatoms. The first-order valence-electron chi connectivity index (χ1n) is 7.23. The predicted molar refractivity (Wildman–Crippen MR) is 81.5 cm³/mol. The number of ether oxygens (including phenoxy) is 2. The Labute approximate surface area is 122 Å². The zero-order chi connectivity index (χ0) is 15.1. The minimum Gasteiger partial charge on any atom is -0.497 e. The molecule has 20 heavy (non-hydrogen) atoms. The van der Waals surface area contributed by atoms with Crippen molar-refractivity contribution in [3.63, 3.8) is 0 Å². The molecule has 1 aromatic rings. The first kappa shape index (κ1) is 16.8. The van der Waals surface area contributed by atoms with E-state index in [2.05, 4.69) is 26.1 Å². The summed E-state index contributed by atoms with van der Waals surface area (Å²) in [6.45, 7) is 6.32. The molecule has 114 valence electrons. The number of nitrogens with one attached hydrogen (secondary N) is 1. The van der Waals surface area contributed by atoms with E-state index >= 15 is 0 Å². The summed E-state index contributed by atoms with van der Waals surface area (Å²) in [5, 5.41) is 14.1. The van der Waals surface area contributed by atoms with Crippen molar-refractivity contribution < 1.29 is 14.6 Å². The third-order valence-electron chi connectivity index (χ3n) is 3.69. The van der Waals surface area contributed by atoms with Crippen LogP contribution in [0, 0.1) is 0 Å². The molecular formula is C16H27NO3. The summed E-state index contributed by atoms with van der Waals surface area (Å²) in [6, 6.07) is 5.89. The van der Waals surface area contributed by atoms with Gasteiger partial charge in [-0.05, 0) is 31.9 Å². The molecule has 2 N–H and O–H groups in total. The van der Waals surface area contributed by atoms with Crippen LogP contribution in [0.5, 0.6) is 11.5 Å². The molecule has 0 aliphatic heterocycles. The van der Waals surface area contributed by atoms with Crippen LogP contribution in [0.4, 0.5) is 0 Å². The number of rotatable bonds is 8. The summed E-state index contributed by atoms with van der Waals surface area (Å²) in [4.78, 5) is 0. The molecule has 0 fully saturated rings. The van der Waals surface area contributed by atoms with Gasteiger partial charge < -0.3 is 19.9 Å². The lowest BCUT2D eigenvalue weighted by Crippen LogP contribution is -2.40. The zero-order valence-corrected chi connectivity index (χ0v) is 13.1. The number of methoxy groups -OCH3 is 2. The van der Waals surface area contributed by atoms with Gasteiger partial charge in [0.2, 0.25) is 0 Å². The zero-order valence-electron chi connectivity index (χ0n) is 13.1. The van der Waals surface area contributed by atoms with Crippen LogP contribution < -0.4 is 14.8 Å². The molecular weight excluding hydrogens is 254 g/mol. The van der Waals surface area contributed by atoms with Crippen LogP contribution in [0.1, 0.15) is 45.3 Å². The van der Waals surface area contributed by atoms with Crippen molar-refractivity contribution in [1.29, 1.82) is 0 Å². The van der Waals surface area contributed by atoms with Crippen molar-refractivity contribution in [2.75, 3.05) is 14.2 Å². The van der Waals surface area contributed by atoms with E-state index in [0.717, 1.165) is 24.2 Å². The fourth-order valence-electron chi connectivity index (χ4n) is 2.20. The molecule has 0 radical (unpaired) electrons. The minimum atomic E-state index is -0.602. The van der Waals surface area contributed by atoms with E-state index in [-0.39, 0.29) is 6.04 Å². The third kappa shape index (κ3) is 4.12. The van der Waals surface area contributed by atoms with Gasteiger partial charge in [-0.2, -0.15) is 0 Å². The maximum absolute atomic E-state index is 10.6. The van der Waals surface area contributed by atoms with Crippen molar-refractivity contribution in [1.82, 2.24) is 5.32 Å². The second-order valence-electron chi connectivity index (χ2n) is 5.04. The van der Waals surface area contributed by atoms with E-state index in [4.69, 9.17) is 9.47 Å². The summed E-state index contributed by atoms with van der Waals surface area (Å²) in [7, 11) is 3.22. The molecule has 0 bridgehead atoms. The average molecular weight is 281 g/mol. The lowest BCUT2D eigenvalue weighted by Gasteiger charge is -2.27. The van der Waals surface area contributed by atoms with Gasteiger partial charge in [0.25, 0.3) is 0 Å². The SMILES string of the molecule is CCC(C)NC(CC)C(O)c1ccc(OC)cc1OC. The summed E-state index contributed by atoms with van der Waals surface area (Å²) in [6.07, 6.45) is 1.28. The van der Waals surface area contributed by atoms with Gasteiger partial charge in [-0.1, -0.05) is 13.8 Å². The van der Waals surface area contributed by atoms with E-state index < -0.39 is 6.10 Å².